The van der Waals surface area contributed by atoms with Gasteiger partial charge in [0.1, 0.15) is 0 Å². The molecule has 3 rings (SSSR count). The predicted octanol–water partition coefficient (Wildman–Crippen LogP) is 4.98. The maximum atomic E-state index is 12.0. The van der Waals surface area contributed by atoms with Crippen molar-refractivity contribution in [3.8, 4) is 11.3 Å². The molecule has 0 unspecified atom stereocenters. The molecule has 5 heteroatoms. The molecule has 0 aliphatic heterocycles. The Kier molecular flexibility index (Phi) is 4.12. The average Bonchev–Trinajstić information content (AvgIpc) is 3.04. The Hall–Kier alpha value is -2.72. The number of halogens is 1. The topological polar surface area (TPSA) is 56.9 Å². The fourth-order valence-electron chi connectivity index (χ4n) is 2.10. The predicted molar refractivity (Wildman–Crippen MR) is 90.3 cm³/mol. The molecule has 0 atom stereocenters. The van der Waals surface area contributed by atoms with Crippen LogP contribution in [-0.2, 0) is 0 Å². The van der Waals surface area contributed by atoms with Crippen molar-refractivity contribution in [3.05, 3.63) is 71.9 Å². The Balaban J connectivity index is 1.69. The summed E-state index contributed by atoms with van der Waals surface area (Å²) in [6, 6.07) is 18.2. The summed E-state index contributed by atoms with van der Waals surface area (Å²) in [7, 11) is 0. The summed E-state index contributed by atoms with van der Waals surface area (Å²) in [4.78, 5) is 15.1. The number of aromatic nitrogens is 1. The van der Waals surface area contributed by atoms with Crippen LogP contribution < -0.4 is 10.6 Å². The molecule has 4 nitrogen and oxygen atoms in total. The van der Waals surface area contributed by atoms with E-state index in [9.17, 15) is 4.79 Å². The number of H-pyrrole nitrogens is 1. The van der Waals surface area contributed by atoms with Crippen LogP contribution in [0, 0.1) is 0 Å². The largest absolute Gasteiger partial charge is 0.361 e. The quantitative estimate of drug-likeness (QED) is 0.628. The van der Waals surface area contributed by atoms with Crippen LogP contribution in [0.15, 0.2) is 66.9 Å². The highest BCUT2D eigenvalue weighted by Crippen LogP contribution is 2.21. The number of anilines is 2. The van der Waals surface area contributed by atoms with E-state index in [0.29, 0.717) is 10.7 Å². The molecule has 0 saturated heterocycles. The van der Waals surface area contributed by atoms with Crippen molar-refractivity contribution in [2.24, 2.45) is 0 Å². The summed E-state index contributed by atoms with van der Waals surface area (Å²) in [6.45, 7) is 0. The second-order valence-corrected chi connectivity index (χ2v) is 5.19. The molecule has 3 aromatic rings. The van der Waals surface area contributed by atoms with Gasteiger partial charge in [-0.3, -0.25) is 0 Å². The fourth-order valence-corrected chi connectivity index (χ4v) is 2.23. The van der Waals surface area contributed by atoms with Gasteiger partial charge in [-0.25, -0.2) is 4.79 Å². The Bertz CT molecular complexity index is 767. The number of carbonyl (C=O) groups excluding carboxylic acids is 1. The number of benzene rings is 2. The normalized spacial score (nSPS) is 10.2. The van der Waals surface area contributed by atoms with Crippen LogP contribution in [0.25, 0.3) is 11.3 Å². The highest BCUT2D eigenvalue weighted by atomic mass is 35.5. The molecule has 0 bridgehead atoms. The van der Waals surface area contributed by atoms with Crippen LogP contribution in [0.1, 0.15) is 0 Å². The van der Waals surface area contributed by atoms with Crippen LogP contribution in [-0.4, -0.2) is 11.0 Å². The first-order valence-corrected chi connectivity index (χ1v) is 7.16. The highest BCUT2D eigenvalue weighted by molar-refractivity contribution is 6.30. The molecule has 1 aromatic heterocycles. The van der Waals surface area contributed by atoms with Gasteiger partial charge >= 0.3 is 6.03 Å². The molecule has 3 N–H and O–H groups in total. The molecular weight excluding hydrogens is 298 g/mol. The first kappa shape index (κ1) is 14.2. The summed E-state index contributed by atoms with van der Waals surface area (Å²) in [6.07, 6.45) is 1.86. The maximum Gasteiger partial charge on any atom is 0.323 e. The molecule has 22 heavy (non-hydrogen) atoms. The monoisotopic (exact) mass is 311 g/mol. The van der Waals surface area contributed by atoms with Crippen LogP contribution in [0.4, 0.5) is 16.2 Å². The minimum Gasteiger partial charge on any atom is -0.361 e. The van der Waals surface area contributed by atoms with Crippen LogP contribution in [0.2, 0.25) is 5.02 Å². The zero-order valence-electron chi connectivity index (χ0n) is 11.6. The van der Waals surface area contributed by atoms with Gasteiger partial charge in [-0.2, -0.15) is 0 Å². The SMILES string of the molecule is O=C(Nc1ccc(Cl)cc1)Nc1cccc(-c2ccc[nH]2)c1. The number of amides is 2. The lowest BCUT2D eigenvalue weighted by molar-refractivity contribution is 0.262. The molecule has 2 amide bonds. The van der Waals surface area contributed by atoms with Gasteiger partial charge in [-0.15, -0.1) is 0 Å². The molecule has 0 saturated carbocycles. The number of urea groups is 1. The number of hydrogen-bond donors (Lipinski definition) is 3. The van der Waals surface area contributed by atoms with Gasteiger partial charge in [0, 0.05) is 28.3 Å². The van der Waals surface area contributed by atoms with Crippen molar-refractivity contribution < 1.29 is 4.79 Å². The molecular formula is C17H14ClN3O. The van der Waals surface area contributed by atoms with Crippen LogP contribution >= 0.6 is 11.6 Å². The van der Waals surface area contributed by atoms with Gasteiger partial charge < -0.3 is 15.6 Å². The highest BCUT2D eigenvalue weighted by Gasteiger charge is 2.04. The summed E-state index contributed by atoms with van der Waals surface area (Å²) in [5.41, 5.74) is 3.41. The van der Waals surface area contributed by atoms with E-state index in [1.54, 1.807) is 24.3 Å². The molecule has 1 heterocycles. The summed E-state index contributed by atoms with van der Waals surface area (Å²) in [5, 5.41) is 6.20. The third kappa shape index (κ3) is 3.48. The van der Waals surface area contributed by atoms with E-state index in [2.05, 4.69) is 15.6 Å². The zero-order chi connectivity index (χ0) is 15.4. The first-order valence-electron chi connectivity index (χ1n) is 6.78. The fraction of sp³-hybridized carbons (Fsp3) is 0. The summed E-state index contributed by atoms with van der Waals surface area (Å²) >= 11 is 5.81. The van der Waals surface area contributed by atoms with Gasteiger partial charge in [0.2, 0.25) is 0 Å². The van der Waals surface area contributed by atoms with Gasteiger partial charge in [0.15, 0.2) is 0 Å². The lowest BCUT2D eigenvalue weighted by Crippen LogP contribution is -2.19. The molecule has 0 radical (unpaired) electrons. The number of hydrogen-bond acceptors (Lipinski definition) is 1. The smallest absolute Gasteiger partial charge is 0.323 e. The Morgan fingerprint density at radius 1 is 0.909 bits per heavy atom. The van der Waals surface area contributed by atoms with Crippen molar-refractivity contribution in [2.75, 3.05) is 10.6 Å². The summed E-state index contributed by atoms with van der Waals surface area (Å²) in [5.74, 6) is 0. The molecule has 0 spiro atoms. The average molecular weight is 312 g/mol. The number of nitrogens with one attached hydrogen (secondary N) is 3. The molecule has 0 aliphatic rings. The van der Waals surface area contributed by atoms with E-state index in [-0.39, 0.29) is 6.03 Å². The Labute approximate surface area is 133 Å². The number of aromatic amines is 1. The second-order valence-electron chi connectivity index (χ2n) is 4.75. The lowest BCUT2D eigenvalue weighted by atomic mass is 10.1. The van der Waals surface area contributed by atoms with Gasteiger partial charge in [0.25, 0.3) is 0 Å². The Morgan fingerprint density at radius 2 is 1.68 bits per heavy atom. The third-order valence-electron chi connectivity index (χ3n) is 3.13. The molecule has 0 fully saturated rings. The standard InChI is InChI=1S/C17H14ClN3O/c18-13-6-8-14(9-7-13)20-17(22)21-15-4-1-3-12(11-15)16-5-2-10-19-16/h1-11,19H,(H2,20,21,22). The van der Waals surface area contributed by atoms with Crippen molar-refractivity contribution in [1.29, 1.82) is 0 Å². The number of carbonyl (C=O) groups is 1. The van der Waals surface area contributed by atoms with E-state index >= 15 is 0 Å². The maximum absolute atomic E-state index is 12.0. The van der Waals surface area contributed by atoms with E-state index in [4.69, 9.17) is 11.6 Å². The minimum absolute atomic E-state index is 0.300. The zero-order valence-corrected chi connectivity index (χ0v) is 12.4. The van der Waals surface area contributed by atoms with E-state index < -0.39 is 0 Å². The van der Waals surface area contributed by atoms with Gasteiger partial charge in [0.05, 0.1) is 0 Å². The van der Waals surface area contributed by atoms with Crippen molar-refractivity contribution in [2.45, 2.75) is 0 Å². The van der Waals surface area contributed by atoms with E-state index in [0.717, 1.165) is 16.9 Å². The van der Waals surface area contributed by atoms with Gasteiger partial charge in [-0.1, -0.05) is 23.7 Å². The van der Waals surface area contributed by atoms with Gasteiger partial charge in [-0.05, 0) is 54.1 Å². The molecule has 2 aromatic carbocycles. The van der Waals surface area contributed by atoms with E-state index in [1.165, 1.54) is 0 Å². The van der Waals surface area contributed by atoms with Crippen molar-refractivity contribution in [1.82, 2.24) is 4.98 Å². The number of rotatable bonds is 3. The minimum atomic E-state index is -0.300. The summed E-state index contributed by atoms with van der Waals surface area (Å²) < 4.78 is 0. The van der Waals surface area contributed by atoms with Crippen molar-refractivity contribution in [3.63, 3.8) is 0 Å². The van der Waals surface area contributed by atoms with Crippen molar-refractivity contribution >= 4 is 29.0 Å². The first-order chi connectivity index (χ1) is 10.7. The Morgan fingerprint density at radius 3 is 2.41 bits per heavy atom. The third-order valence-corrected chi connectivity index (χ3v) is 3.38. The lowest BCUT2D eigenvalue weighted by Gasteiger charge is -2.09. The van der Waals surface area contributed by atoms with Crippen LogP contribution in [0.5, 0.6) is 0 Å². The van der Waals surface area contributed by atoms with Crippen LogP contribution in [0.3, 0.4) is 0 Å². The molecule has 0 aliphatic carbocycles. The van der Waals surface area contributed by atoms with E-state index in [1.807, 2.05) is 42.6 Å². The second kappa shape index (κ2) is 6.37. The molecule has 110 valence electrons.